The molecule has 1 fully saturated rings. The molecule has 132 valence electrons. The Morgan fingerprint density at radius 1 is 1.29 bits per heavy atom. The number of amides is 1. The smallest absolute Gasteiger partial charge is 0.248 e. The zero-order chi connectivity index (χ0) is 17.8. The highest BCUT2D eigenvalue weighted by Crippen LogP contribution is 2.66. The largest absolute Gasteiger partial charge is 0.494 e. The molecule has 0 bridgehead atoms. The number of hydrazone groups is 1. The molecule has 4 nitrogen and oxygen atoms in total. The molecule has 0 saturated heterocycles. The van der Waals surface area contributed by atoms with Gasteiger partial charge in [-0.25, -0.2) is 5.43 Å². The molecule has 0 unspecified atom stereocenters. The lowest BCUT2D eigenvalue weighted by atomic mass is 10.1. The van der Waals surface area contributed by atoms with E-state index in [1.807, 2.05) is 38.1 Å². The van der Waals surface area contributed by atoms with Crippen LogP contribution in [0.3, 0.4) is 0 Å². The molecule has 1 aromatic carbocycles. The molecule has 1 N–H and O–H groups in total. The van der Waals surface area contributed by atoms with Gasteiger partial charge in [0.25, 0.3) is 0 Å². The second-order valence-electron chi connectivity index (χ2n) is 6.29. The maximum Gasteiger partial charge on any atom is 0.248 e. The van der Waals surface area contributed by atoms with Gasteiger partial charge in [0.2, 0.25) is 5.91 Å². The molecular weight excluding hydrogens is 436 g/mol. The summed E-state index contributed by atoms with van der Waals surface area (Å²) < 4.78 is 5.36. The van der Waals surface area contributed by atoms with Crippen LogP contribution in [0.15, 0.2) is 29.4 Å². The molecule has 1 atom stereocenters. The number of alkyl halides is 2. The fourth-order valence-electron chi connectivity index (χ4n) is 2.31. The first-order valence-electron chi connectivity index (χ1n) is 8.32. The van der Waals surface area contributed by atoms with Crippen LogP contribution < -0.4 is 10.2 Å². The highest BCUT2D eigenvalue weighted by Gasteiger charge is 2.66. The van der Waals surface area contributed by atoms with E-state index in [9.17, 15) is 4.79 Å². The van der Waals surface area contributed by atoms with Crippen LogP contribution in [0.1, 0.15) is 52.0 Å². The third-order valence-electron chi connectivity index (χ3n) is 4.34. The van der Waals surface area contributed by atoms with Crippen molar-refractivity contribution < 1.29 is 9.53 Å². The number of halogens is 2. The van der Waals surface area contributed by atoms with Gasteiger partial charge in [0, 0.05) is 0 Å². The molecule has 6 heteroatoms. The average molecular weight is 460 g/mol. The summed E-state index contributed by atoms with van der Waals surface area (Å²) in [5.74, 6) is 0.780. The molecule has 1 aromatic rings. The summed E-state index contributed by atoms with van der Waals surface area (Å²) in [7, 11) is 0. The number of nitrogens with zero attached hydrogens (tertiary/aromatic N) is 1. The summed E-state index contributed by atoms with van der Waals surface area (Å²) in [6, 6.07) is 7.85. The molecule has 1 aliphatic carbocycles. The van der Waals surface area contributed by atoms with Crippen molar-refractivity contribution in [2.75, 3.05) is 6.61 Å². The van der Waals surface area contributed by atoms with Gasteiger partial charge in [0.05, 0.1) is 21.0 Å². The van der Waals surface area contributed by atoms with Gasteiger partial charge in [-0.2, -0.15) is 5.10 Å². The summed E-state index contributed by atoms with van der Waals surface area (Å²) in [6.45, 7) is 6.81. The molecule has 0 spiro atoms. The second kappa shape index (κ2) is 8.00. The van der Waals surface area contributed by atoms with Crippen molar-refractivity contribution in [2.45, 2.75) is 49.7 Å². The lowest BCUT2D eigenvalue weighted by molar-refractivity contribution is -0.125. The van der Waals surface area contributed by atoms with E-state index in [1.165, 1.54) is 0 Å². The van der Waals surface area contributed by atoms with Crippen LogP contribution in [-0.2, 0) is 4.79 Å². The number of hydrogen-bond donors (Lipinski definition) is 1. The Bertz CT molecular complexity index is 614. The Hall–Kier alpha value is -0.880. The van der Waals surface area contributed by atoms with Crippen molar-refractivity contribution in [3.05, 3.63) is 29.8 Å². The lowest BCUT2D eigenvalue weighted by Gasteiger charge is -2.12. The number of benzene rings is 1. The SMILES string of the molecule is CCCCOc1ccc(/C(CC)=N\NC(=O)[C@@]2(C)CC2(Br)Br)cc1. The first-order valence-corrected chi connectivity index (χ1v) is 9.90. The maximum atomic E-state index is 12.3. The quantitative estimate of drug-likeness (QED) is 0.257. The minimum absolute atomic E-state index is 0.0817. The zero-order valence-electron chi connectivity index (χ0n) is 14.4. The Balaban J connectivity index is 1.99. The van der Waals surface area contributed by atoms with Gasteiger partial charge < -0.3 is 4.74 Å². The van der Waals surface area contributed by atoms with E-state index in [2.05, 4.69) is 49.3 Å². The molecule has 0 aromatic heterocycles. The molecule has 0 aliphatic heterocycles. The monoisotopic (exact) mass is 458 g/mol. The third kappa shape index (κ3) is 4.39. The Kier molecular flexibility index (Phi) is 6.48. The van der Waals surface area contributed by atoms with Gasteiger partial charge in [-0.15, -0.1) is 0 Å². The van der Waals surface area contributed by atoms with Crippen LogP contribution >= 0.6 is 31.9 Å². The summed E-state index contributed by atoms with van der Waals surface area (Å²) in [5.41, 5.74) is 4.08. The van der Waals surface area contributed by atoms with Crippen molar-refractivity contribution in [1.29, 1.82) is 0 Å². The molecule has 0 heterocycles. The van der Waals surface area contributed by atoms with E-state index in [4.69, 9.17) is 4.74 Å². The van der Waals surface area contributed by atoms with Crippen molar-refractivity contribution >= 4 is 43.5 Å². The van der Waals surface area contributed by atoms with Gasteiger partial charge >= 0.3 is 0 Å². The number of carbonyl (C=O) groups is 1. The normalized spacial score (nSPS) is 22.1. The fourth-order valence-corrected chi connectivity index (χ4v) is 3.80. The topological polar surface area (TPSA) is 50.7 Å². The molecule has 2 rings (SSSR count). The lowest BCUT2D eigenvalue weighted by Crippen LogP contribution is -2.30. The number of ether oxygens (including phenoxy) is 1. The number of nitrogens with one attached hydrogen (secondary N) is 1. The zero-order valence-corrected chi connectivity index (χ0v) is 17.5. The van der Waals surface area contributed by atoms with Crippen molar-refractivity contribution in [1.82, 2.24) is 5.43 Å². The molecular formula is C18H24Br2N2O2. The highest BCUT2D eigenvalue weighted by atomic mass is 79.9. The average Bonchev–Trinajstić information content (AvgIpc) is 3.09. The fraction of sp³-hybridized carbons (Fsp3) is 0.556. The Labute approximate surface area is 160 Å². The summed E-state index contributed by atoms with van der Waals surface area (Å²) >= 11 is 7.01. The van der Waals surface area contributed by atoms with E-state index in [1.54, 1.807) is 0 Å². The molecule has 1 aliphatic rings. The van der Waals surface area contributed by atoms with Crippen molar-refractivity contribution in [3.8, 4) is 5.75 Å². The van der Waals surface area contributed by atoms with Gasteiger partial charge in [-0.05, 0) is 56.0 Å². The summed E-state index contributed by atoms with van der Waals surface area (Å²) in [5, 5.41) is 4.32. The first kappa shape index (κ1) is 19.4. The van der Waals surface area contributed by atoms with Crippen molar-refractivity contribution in [2.24, 2.45) is 10.5 Å². The van der Waals surface area contributed by atoms with Crippen LogP contribution in [-0.4, -0.2) is 21.5 Å². The Morgan fingerprint density at radius 3 is 2.42 bits per heavy atom. The van der Waals surface area contributed by atoms with Gasteiger partial charge in [-0.1, -0.05) is 52.1 Å². The summed E-state index contributed by atoms with van der Waals surface area (Å²) in [4.78, 5) is 12.3. The van der Waals surface area contributed by atoms with E-state index < -0.39 is 5.41 Å². The molecule has 0 radical (unpaired) electrons. The van der Waals surface area contributed by atoms with Crippen LogP contribution in [0.25, 0.3) is 0 Å². The Morgan fingerprint density at radius 2 is 1.92 bits per heavy atom. The van der Waals surface area contributed by atoms with E-state index >= 15 is 0 Å². The highest BCUT2D eigenvalue weighted by molar-refractivity contribution is 9.25. The minimum atomic E-state index is -0.466. The minimum Gasteiger partial charge on any atom is -0.494 e. The van der Waals surface area contributed by atoms with Gasteiger partial charge in [0.1, 0.15) is 5.75 Å². The van der Waals surface area contributed by atoms with E-state index in [0.717, 1.165) is 49.3 Å². The van der Waals surface area contributed by atoms with Crippen LogP contribution in [0.4, 0.5) is 0 Å². The van der Waals surface area contributed by atoms with Gasteiger partial charge in [0.15, 0.2) is 0 Å². The maximum absolute atomic E-state index is 12.3. The second-order valence-corrected chi connectivity index (χ2v) is 10.1. The van der Waals surface area contributed by atoms with Crippen LogP contribution in [0, 0.1) is 5.41 Å². The molecule has 24 heavy (non-hydrogen) atoms. The van der Waals surface area contributed by atoms with Crippen molar-refractivity contribution in [3.63, 3.8) is 0 Å². The predicted octanol–water partition coefficient (Wildman–Crippen LogP) is 4.99. The van der Waals surface area contributed by atoms with Crippen LogP contribution in [0.2, 0.25) is 0 Å². The predicted molar refractivity (Wildman–Crippen MR) is 105 cm³/mol. The number of rotatable bonds is 8. The van der Waals surface area contributed by atoms with E-state index in [0.29, 0.717) is 0 Å². The first-order chi connectivity index (χ1) is 11.3. The number of unbranched alkanes of at least 4 members (excludes halogenated alkanes) is 1. The third-order valence-corrected chi connectivity index (χ3v) is 6.65. The van der Waals surface area contributed by atoms with Crippen LogP contribution in [0.5, 0.6) is 5.75 Å². The molecule has 1 amide bonds. The number of hydrogen-bond acceptors (Lipinski definition) is 3. The van der Waals surface area contributed by atoms with E-state index in [-0.39, 0.29) is 9.14 Å². The van der Waals surface area contributed by atoms with Gasteiger partial charge in [-0.3, -0.25) is 4.79 Å². The standard InChI is InChI=1S/C18H24Br2N2O2/c1-4-6-11-24-14-9-7-13(8-10-14)15(5-2)21-22-16(23)17(3)12-18(17,19)20/h7-10H,4-6,11-12H2,1-3H3,(H,22,23)/b21-15-/t17-/m1/s1. The molecule has 1 saturated carbocycles. The number of carbonyl (C=O) groups excluding carboxylic acids is 1. The summed E-state index contributed by atoms with van der Waals surface area (Å²) in [6.07, 6.45) is 3.65.